The van der Waals surface area contributed by atoms with E-state index in [0.717, 1.165) is 5.56 Å². The molecule has 4 nitrogen and oxygen atoms in total. The minimum Gasteiger partial charge on any atom is -0.384 e. The molecular weight excluding hydrogens is 355 g/mol. The van der Waals surface area contributed by atoms with Gasteiger partial charge in [0.15, 0.2) is 0 Å². The van der Waals surface area contributed by atoms with Crippen LogP contribution in [0, 0.1) is 12.7 Å². The first kappa shape index (κ1) is 19.7. The number of hydrogen-bond acceptors (Lipinski definition) is 3. The van der Waals surface area contributed by atoms with Crippen molar-refractivity contribution in [1.29, 1.82) is 0 Å². The van der Waals surface area contributed by atoms with Crippen LogP contribution in [-0.2, 0) is 0 Å². The number of amides is 1. The van der Waals surface area contributed by atoms with Gasteiger partial charge in [-0.15, -0.1) is 0 Å². The first-order valence-electron chi connectivity index (χ1n) is 9.15. The van der Waals surface area contributed by atoms with Crippen molar-refractivity contribution in [2.75, 3.05) is 0 Å². The number of rotatable bonds is 5. The Balaban J connectivity index is 2.12. The lowest BCUT2D eigenvalue weighted by Crippen LogP contribution is -2.30. The van der Waals surface area contributed by atoms with Gasteiger partial charge in [-0.3, -0.25) is 9.78 Å². The number of aliphatic hydroxyl groups is 1. The highest BCUT2D eigenvalue weighted by atomic mass is 19.1. The van der Waals surface area contributed by atoms with Crippen LogP contribution in [0.5, 0.6) is 0 Å². The summed E-state index contributed by atoms with van der Waals surface area (Å²) < 4.78 is 14.6. The van der Waals surface area contributed by atoms with Crippen LogP contribution >= 0.6 is 0 Å². The number of aryl methyl sites for hydroxylation is 1. The Bertz CT molecular complexity index is 987. The SMILES string of the molecule is Cc1ccc(-c2cc(C(=O)NC(C)C)cc(C(O)c3cccnc3)c2)c(F)c1. The predicted molar refractivity (Wildman–Crippen MR) is 107 cm³/mol. The minimum absolute atomic E-state index is 0.0426. The summed E-state index contributed by atoms with van der Waals surface area (Å²) >= 11 is 0. The number of carbonyl (C=O) groups excluding carboxylic acids is 1. The Kier molecular flexibility index (Phi) is 5.85. The maximum Gasteiger partial charge on any atom is 0.251 e. The molecule has 3 rings (SSSR count). The van der Waals surface area contributed by atoms with Gasteiger partial charge in [-0.2, -0.15) is 0 Å². The summed E-state index contributed by atoms with van der Waals surface area (Å²) in [5.74, 6) is -0.646. The molecule has 1 atom stereocenters. The minimum atomic E-state index is -0.979. The van der Waals surface area contributed by atoms with Gasteiger partial charge in [0, 0.05) is 35.1 Å². The summed E-state index contributed by atoms with van der Waals surface area (Å²) in [6.45, 7) is 5.55. The van der Waals surface area contributed by atoms with Gasteiger partial charge in [-0.25, -0.2) is 4.39 Å². The van der Waals surface area contributed by atoms with Gasteiger partial charge in [0.05, 0.1) is 0 Å². The molecule has 28 heavy (non-hydrogen) atoms. The molecule has 2 aromatic carbocycles. The lowest BCUT2D eigenvalue weighted by molar-refractivity contribution is 0.0943. The van der Waals surface area contributed by atoms with Crippen LogP contribution in [0.3, 0.4) is 0 Å². The molecule has 3 aromatic rings. The van der Waals surface area contributed by atoms with Crippen LogP contribution < -0.4 is 5.32 Å². The summed E-state index contributed by atoms with van der Waals surface area (Å²) in [6.07, 6.45) is 2.21. The van der Waals surface area contributed by atoms with Gasteiger partial charge in [0.1, 0.15) is 11.9 Å². The largest absolute Gasteiger partial charge is 0.384 e. The van der Waals surface area contributed by atoms with E-state index in [1.165, 1.54) is 6.07 Å². The van der Waals surface area contributed by atoms with E-state index in [2.05, 4.69) is 10.3 Å². The second-order valence-electron chi connectivity index (χ2n) is 7.14. The Morgan fingerprint density at radius 1 is 1.11 bits per heavy atom. The van der Waals surface area contributed by atoms with E-state index in [9.17, 15) is 14.3 Å². The van der Waals surface area contributed by atoms with E-state index in [1.807, 2.05) is 26.8 Å². The zero-order valence-electron chi connectivity index (χ0n) is 16.1. The zero-order chi connectivity index (χ0) is 20.3. The molecule has 1 unspecified atom stereocenters. The molecule has 1 aromatic heterocycles. The molecule has 144 valence electrons. The molecule has 0 bridgehead atoms. The van der Waals surface area contributed by atoms with Crippen LogP contribution in [0.2, 0.25) is 0 Å². The molecule has 0 aliphatic carbocycles. The van der Waals surface area contributed by atoms with Gasteiger partial charge < -0.3 is 10.4 Å². The Morgan fingerprint density at radius 3 is 2.54 bits per heavy atom. The smallest absolute Gasteiger partial charge is 0.251 e. The summed E-state index contributed by atoms with van der Waals surface area (Å²) in [5.41, 5.74) is 3.18. The third-order valence-corrected chi connectivity index (χ3v) is 4.39. The van der Waals surface area contributed by atoms with E-state index in [-0.39, 0.29) is 17.8 Å². The standard InChI is InChI=1S/C23H23FN2O2/c1-14(2)26-23(28)19-11-17(20-7-6-15(3)9-21(20)24)10-18(12-19)22(27)16-5-4-8-25-13-16/h4-14,22,27H,1-3H3,(H,26,28). The highest BCUT2D eigenvalue weighted by Crippen LogP contribution is 2.30. The molecule has 0 radical (unpaired) electrons. The first-order valence-corrected chi connectivity index (χ1v) is 9.15. The Morgan fingerprint density at radius 2 is 1.89 bits per heavy atom. The Hall–Kier alpha value is -3.05. The molecule has 5 heteroatoms. The summed E-state index contributed by atoms with van der Waals surface area (Å²) in [7, 11) is 0. The van der Waals surface area contributed by atoms with Crippen LogP contribution in [-0.4, -0.2) is 22.0 Å². The van der Waals surface area contributed by atoms with Gasteiger partial charge in [-0.05, 0) is 67.8 Å². The third kappa shape index (κ3) is 4.43. The number of aromatic nitrogens is 1. The van der Waals surface area contributed by atoms with Crippen molar-refractivity contribution in [1.82, 2.24) is 10.3 Å². The van der Waals surface area contributed by atoms with E-state index in [4.69, 9.17) is 0 Å². The quantitative estimate of drug-likeness (QED) is 0.691. The fourth-order valence-electron chi connectivity index (χ4n) is 3.03. The first-order chi connectivity index (χ1) is 13.3. The maximum absolute atomic E-state index is 14.6. The molecule has 1 heterocycles. The van der Waals surface area contributed by atoms with Crippen LogP contribution in [0.4, 0.5) is 4.39 Å². The van der Waals surface area contributed by atoms with Crippen molar-refractivity contribution in [3.63, 3.8) is 0 Å². The molecule has 0 aliphatic heterocycles. The number of nitrogens with zero attached hydrogens (tertiary/aromatic N) is 1. The van der Waals surface area contributed by atoms with E-state index in [0.29, 0.717) is 27.8 Å². The molecule has 0 saturated heterocycles. The van der Waals surface area contributed by atoms with Crippen molar-refractivity contribution in [2.45, 2.75) is 32.9 Å². The normalized spacial score (nSPS) is 12.1. The van der Waals surface area contributed by atoms with E-state index >= 15 is 0 Å². The Labute approximate surface area is 164 Å². The number of hydrogen-bond donors (Lipinski definition) is 2. The molecule has 0 fully saturated rings. The van der Waals surface area contributed by atoms with Crippen molar-refractivity contribution in [3.05, 3.63) is 89.0 Å². The molecule has 2 N–H and O–H groups in total. The summed E-state index contributed by atoms with van der Waals surface area (Å²) in [5, 5.41) is 13.6. The molecular formula is C23H23FN2O2. The van der Waals surface area contributed by atoms with Crippen molar-refractivity contribution in [2.24, 2.45) is 0 Å². The highest BCUT2D eigenvalue weighted by molar-refractivity contribution is 5.96. The van der Waals surface area contributed by atoms with E-state index < -0.39 is 6.10 Å². The lowest BCUT2D eigenvalue weighted by Gasteiger charge is -2.16. The lowest BCUT2D eigenvalue weighted by atomic mass is 9.94. The fraction of sp³-hybridized carbons (Fsp3) is 0.217. The summed E-state index contributed by atoms with van der Waals surface area (Å²) in [6, 6.07) is 13.4. The van der Waals surface area contributed by atoms with Crippen LogP contribution in [0.1, 0.15) is 47.0 Å². The molecule has 1 amide bonds. The maximum atomic E-state index is 14.6. The van der Waals surface area contributed by atoms with E-state index in [1.54, 1.807) is 48.8 Å². The second kappa shape index (κ2) is 8.31. The van der Waals surface area contributed by atoms with Gasteiger partial charge >= 0.3 is 0 Å². The van der Waals surface area contributed by atoms with Crippen molar-refractivity contribution < 1.29 is 14.3 Å². The van der Waals surface area contributed by atoms with Crippen molar-refractivity contribution >= 4 is 5.91 Å². The number of benzene rings is 2. The van der Waals surface area contributed by atoms with Gasteiger partial charge in [0.2, 0.25) is 0 Å². The number of nitrogens with one attached hydrogen (secondary N) is 1. The number of pyridine rings is 1. The fourth-order valence-corrected chi connectivity index (χ4v) is 3.03. The topological polar surface area (TPSA) is 62.2 Å². The number of halogens is 1. The van der Waals surface area contributed by atoms with Crippen LogP contribution in [0.15, 0.2) is 60.9 Å². The zero-order valence-corrected chi connectivity index (χ0v) is 16.1. The average Bonchev–Trinajstić information content (AvgIpc) is 2.67. The molecule has 0 aliphatic rings. The van der Waals surface area contributed by atoms with Gasteiger partial charge in [-0.1, -0.05) is 18.2 Å². The number of aliphatic hydroxyl groups excluding tert-OH is 1. The van der Waals surface area contributed by atoms with Crippen LogP contribution in [0.25, 0.3) is 11.1 Å². The average molecular weight is 378 g/mol. The number of carbonyl (C=O) groups is 1. The molecule has 0 saturated carbocycles. The highest BCUT2D eigenvalue weighted by Gasteiger charge is 2.18. The molecule has 0 spiro atoms. The monoisotopic (exact) mass is 378 g/mol. The van der Waals surface area contributed by atoms with Crippen molar-refractivity contribution in [3.8, 4) is 11.1 Å². The second-order valence-corrected chi connectivity index (χ2v) is 7.14. The third-order valence-electron chi connectivity index (χ3n) is 4.39. The predicted octanol–water partition coefficient (Wildman–Crippen LogP) is 4.42. The van der Waals surface area contributed by atoms with Gasteiger partial charge in [0.25, 0.3) is 5.91 Å². The summed E-state index contributed by atoms with van der Waals surface area (Å²) in [4.78, 5) is 16.6.